The van der Waals surface area contributed by atoms with E-state index in [1.54, 1.807) is 24.3 Å². The lowest BCUT2D eigenvalue weighted by molar-refractivity contribution is -0.144. The minimum atomic E-state index is -0.518. The number of rotatable bonds is 4. The second-order valence-electron chi connectivity index (χ2n) is 9.86. The second kappa shape index (κ2) is 8.57. The molecule has 1 N–H and O–H groups in total. The highest BCUT2D eigenvalue weighted by Gasteiger charge is 2.43. The average molecular weight is 438 g/mol. The molecule has 1 saturated carbocycles. The molecule has 2 aliphatic carbocycles. The van der Waals surface area contributed by atoms with Gasteiger partial charge in [0, 0.05) is 29.3 Å². The molecule has 0 bridgehead atoms. The maximum Gasteiger partial charge on any atom is 0.337 e. The largest absolute Gasteiger partial charge is 0.465 e. The zero-order chi connectivity index (χ0) is 23.0. The van der Waals surface area contributed by atoms with Crippen molar-refractivity contribution in [1.82, 2.24) is 5.32 Å². The summed E-state index contributed by atoms with van der Waals surface area (Å²) >= 11 is 0. The van der Waals surface area contributed by atoms with Crippen molar-refractivity contribution in [2.24, 2.45) is 5.41 Å². The lowest BCUT2D eigenvalue weighted by Gasteiger charge is -2.39. The van der Waals surface area contributed by atoms with Gasteiger partial charge in [0.1, 0.15) is 6.10 Å². The summed E-state index contributed by atoms with van der Waals surface area (Å²) in [4.78, 5) is 38.6. The molecule has 0 radical (unpaired) electrons. The molecule has 0 unspecified atom stereocenters. The lowest BCUT2D eigenvalue weighted by Crippen LogP contribution is -2.39. The van der Waals surface area contributed by atoms with Gasteiger partial charge in [-0.2, -0.15) is 0 Å². The van der Waals surface area contributed by atoms with E-state index in [1.165, 1.54) is 7.11 Å². The van der Waals surface area contributed by atoms with E-state index in [-0.39, 0.29) is 23.3 Å². The van der Waals surface area contributed by atoms with Gasteiger partial charge in [0.15, 0.2) is 5.78 Å². The van der Waals surface area contributed by atoms with Gasteiger partial charge in [0.2, 0.25) is 0 Å². The van der Waals surface area contributed by atoms with E-state index in [0.717, 1.165) is 49.1 Å². The molecular formula is C26H31NO5. The highest BCUT2D eigenvalue weighted by molar-refractivity contribution is 6.04. The lowest BCUT2D eigenvalue weighted by atomic mass is 9.68. The number of hydrogen-bond acceptors (Lipinski definition) is 6. The van der Waals surface area contributed by atoms with Crippen LogP contribution in [-0.4, -0.2) is 30.9 Å². The number of ether oxygens (including phenoxy) is 2. The van der Waals surface area contributed by atoms with Crippen LogP contribution in [0.5, 0.6) is 0 Å². The Morgan fingerprint density at radius 1 is 1.03 bits per heavy atom. The van der Waals surface area contributed by atoms with Gasteiger partial charge < -0.3 is 14.8 Å². The Balaban J connectivity index is 1.77. The van der Waals surface area contributed by atoms with E-state index in [1.807, 2.05) is 6.92 Å². The van der Waals surface area contributed by atoms with Gasteiger partial charge in [0.25, 0.3) is 0 Å². The number of ketones is 1. The number of hydrogen-bond donors (Lipinski definition) is 1. The Labute approximate surface area is 189 Å². The van der Waals surface area contributed by atoms with Crippen LogP contribution in [0.1, 0.15) is 81.1 Å². The van der Waals surface area contributed by atoms with Gasteiger partial charge in [-0.05, 0) is 62.1 Å². The molecule has 6 nitrogen and oxygen atoms in total. The first-order chi connectivity index (χ1) is 15.2. The fourth-order valence-corrected chi connectivity index (χ4v) is 5.19. The Kier molecular flexibility index (Phi) is 5.97. The number of benzene rings is 1. The van der Waals surface area contributed by atoms with Crippen LogP contribution in [0.25, 0.3) is 0 Å². The molecular weight excluding hydrogens is 406 g/mol. The quantitative estimate of drug-likeness (QED) is 0.696. The Morgan fingerprint density at radius 3 is 2.31 bits per heavy atom. The molecule has 1 fully saturated rings. The first-order valence-electron chi connectivity index (χ1n) is 11.3. The van der Waals surface area contributed by atoms with E-state index < -0.39 is 11.9 Å². The molecule has 1 heterocycles. The van der Waals surface area contributed by atoms with Gasteiger partial charge in [-0.3, -0.25) is 4.79 Å². The van der Waals surface area contributed by atoms with E-state index in [9.17, 15) is 14.4 Å². The first kappa shape index (κ1) is 22.3. The zero-order valence-corrected chi connectivity index (χ0v) is 19.2. The summed E-state index contributed by atoms with van der Waals surface area (Å²) in [6.07, 6.45) is 4.98. The van der Waals surface area contributed by atoms with Gasteiger partial charge in [-0.1, -0.05) is 26.0 Å². The summed E-state index contributed by atoms with van der Waals surface area (Å²) < 4.78 is 10.7. The number of nitrogens with one attached hydrogen (secondary N) is 1. The monoisotopic (exact) mass is 437 g/mol. The number of allylic oxidation sites excluding steroid dienone is 3. The van der Waals surface area contributed by atoms with Crippen LogP contribution in [0.2, 0.25) is 0 Å². The molecule has 0 aromatic heterocycles. The molecule has 1 aliphatic heterocycles. The Hall–Kier alpha value is -2.89. The van der Waals surface area contributed by atoms with Crippen LogP contribution in [0.3, 0.4) is 0 Å². The van der Waals surface area contributed by atoms with Crippen molar-refractivity contribution in [1.29, 1.82) is 0 Å². The minimum Gasteiger partial charge on any atom is -0.465 e. The third kappa shape index (κ3) is 4.23. The molecule has 3 aliphatic rings. The van der Waals surface area contributed by atoms with Crippen molar-refractivity contribution in [3.8, 4) is 0 Å². The molecule has 1 aromatic rings. The van der Waals surface area contributed by atoms with Gasteiger partial charge in [-0.15, -0.1) is 0 Å². The number of carbonyl (C=O) groups excluding carboxylic acids is 3. The SMILES string of the molecule is COC(=O)c1ccc([C@@H]2C(C(=O)OC3CCCC3)=C(C)NC3=C2C(=O)CC(C)(C)C3)cc1. The normalized spacial score (nSPS) is 23.0. The summed E-state index contributed by atoms with van der Waals surface area (Å²) in [5.41, 5.74) is 3.78. The molecule has 0 saturated heterocycles. The van der Waals surface area contributed by atoms with Gasteiger partial charge >= 0.3 is 11.9 Å². The van der Waals surface area contributed by atoms with Crippen molar-refractivity contribution >= 4 is 17.7 Å². The summed E-state index contributed by atoms with van der Waals surface area (Å²) in [7, 11) is 1.34. The highest BCUT2D eigenvalue weighted by atomic mass is 16.5. The molecule has 1 aromatic carbocycles. The fraction of sp³-hybridized carbons (Fsp3) is 0.500. The third-order valence-corrected chi connectivity index (χ3v) is 6.70. The molecule has 170 valence electrons. The van der Waals surface area contributed by atoms with Crippen LogP contribution in [0.4, 0.5) is 0 Å². The summed E-state index contributed by atoms with van der Waals surface area (Å²) in [6, 6.07) is 6.96. The number of carbonyl (C=O) groups is 3. The molecule has 0 spiro atoms. The smallest absolute Gasteiger partial charge is 0.337 e. The molecule has 4 rings (SSSR count). The maximum absolute atomic E-state index is 13.4. The Morgan fingerprint density at radius 2 is 1.69 bits per heavy atom. The van der Waals surface area contributed by atoms with Crippen LogP contribution >= 0.6 is 0 Å². The van der Waals surface area contributed by atoms with Gasteiger partial charge in [0.05, 0.1) is 18.2 Å². The summed E-state index contributed by atoms with van der Waals surface area (Å²) in [5, 5.41) is 3.36. The number of Topliss-reactive ketones (excluding diaryl/α,β-unsaturated/α-hetero) is 1. The van der Waals surface area contributed by atoms with E-state index in [2.05, 4.69) is 19.2 Å². The number of methoxy groups -OCH3 is 1. The van der Waals surface area contributed by atoms with E-state index >= 15 is 0 Å². The average Bonchev–Trinajstić information content (AvgIpc) is 3.24. The molecule has 1 atom stereocenters. The van der Waals surface area contributed by atoms with Crippen LogP contribution in [0, 0.1) is 5.41 Å². The van der Waals surface area contributed by atoms with Crippen molar-refractivity contribution in [2.75, 3.05) is 7.11 Å². The maximum atomic E-state index is 13.4. The molecule has 6 heteroatoms. The topological polar surface area (TPSA) is 81.7 Å². The van der Waals surface area contributed by atoms with Gasteiger partial charge in [-0.25, -0.2) is 9.59 Å². The van der Waals surface area contributed by atoms with Crippen LogP contribution < -0.4 is 5.32 Å². The van der Waals surface area contributed by atoms with E-state index in [0.29, 0.717) is 23.1 Å². The second-order valence-corrected chi connectivity index (χ2v) is 9.86. The number of dihydropyridines is 1. The highest BCUT2D eigenvalue weighted by Crippen LogP contribution is 2.47. The molecule has 0 amide bonds. The van der Waals surface area contributed by atoms with Crippen molar-refractivity contribution in [3.05, 3.63) is 57.9 Å². The van der Waals surface area contributed by atoms with E-state index in [4.69, 9.17) is 9.47 Å². The predicted octanol–water partition coefficient (Wildman–Crippen LogP) is 4.56. The summed E-state index contributed by atoms with van der Waals surface area (Å²) in [6.45, 7) is 6.04. The standard InChI is InChI=1S/C26H31NO5/c1-15-21(25(30)32-18-7-5-6-8-18)22(16-9-11-17(12-10-16)24(29)31-4)23-19(27-15)13-26(2,3)14-20(23)28/h9-12,18,22,27H,5-8,13-14H2,1-4H3/t22-/m1/s1. The van der Waals surface area contributed by atoms with Crippen molar-refractivity contribution in [3.63, 3.8) is 0 Å². The fourth-order valence-electron chi connectivity index (χ4n) is 5.19. The molecule has 32 heavy (non-hydrogen) atoms. The van der Waals surface area contributed by atoms with Crippen LogP contribution in [-0.2, 0) is 19.1 Å². The predicted molar refractivity (Wildman–Crippen MR) is 120 cm³/mol. The minimum absolute atomic E-state index is 0.0458. The van der Waals surface area contributed by atoms with Crippen molar-refractivity contribution in [2.45, 2.75) is 71.3 Å². The van der Waals surface area contributed by atoms with Crippen LogP contribution in [0.15, 0.2) is 46.8 Å². The van der Waals surface area contributed by atoms with Crippen molar-refractivity contribution < 1.29 is 23.9 Å². The summed E-state index contributed by atoms with van der Waals surface area (Å²) in [5.74, 6) is -1.27. The third-order valence-electron chi connectivity index (χ3n) is 6.70. The first-order valence-corrected chi connectivity index (χ1v) is 11.3. The zero-order valence-electron chi connectivity index (χ0n) is 19.2. The number of esters is 2. The Bertz CT molecular complexity index is 1010.